The van der Waals surface area contributed by atoms with Gasteiger partial charge in [0, 0.05) is 6.04 Å². The number of thioether (sulfide) groups is 1. The van der Waals surface area contributed by atoms with Gasteiger partial charge in [-0.2, -0.15) is 11.8 Å². The molecule has 1 atom stereocenters. The Morgan fingerprint density at radius 3 is 2.82 bits per heavy atom. The van der Waals surface area contributed by atoms with Crippen molar-refractivity contribution >= 4 is 11.8 Å². The number of hydrogen-bond acceptors (Lipinski definition) is 2. The average molecular weight is 255 g/mol. The van der Waals surface area contributed by atoms with E-state index in [2.05, 4.69) is 25.4 Å². The lowest BCUT2D eigenvalue weighted by atomic mass is 9.99. The number of rotatable bonds is 7. The largest absolute Gasteiger partial charge is 0.310 e. The fraction of sp³-hybridized carbons (Fsp3) is 0.571. The predicted octanol–water partition coefficient (Wildman–Crippen LogP) is 3.93. The average Bonchev–Trinajstić information content (AvgIpc) is 2.33. The van der Waals surface area contributed by atoms with Gasteiger partial charge in [0.25, 0.3) is 0 Å². The third-order valence-corrected chi connectivity index (χ3v) is 3.51. The van der Waals surface area contributed by atoms with Crippen LogP contribution >= 0.6 is 11.8 Å². The van der Waals surface area contributed by atoms with Crippen LogP contribution in [0, 0.1) is 12.7 Å². The van der Waals surface area contributed by atoms with Crippen molar-refractivity contribution in [1.29, 1.82) is 0 Å². The van der Waals surface area contributed by atoms with Crippen molar-refractivity contribution in [1.82, 2.24) is 5.32 Å². The quantitative estimate of drug-likeness (QED) is 0.792. The number of nitrogens with one attached hydrogen (secondary N) is 1. The molecule has 0 spiro atoms. The molecule has 1 unspecified atom stereocenters. The molecule has 0 aromatic heterocycles. The molecule has 0 aliphatic heterocycles. The minimum atomic E-state index is -0.141. The van der Waals surface area contributed by atoms with Crippen LogP contribution in [0.4, 0.5) is 4.39 Å². The van der Waals surface area contributed by atoms with Crippen LogP contribution in [0.15, 0.2) is 18.2 Å². The molecule has 0 aliphatic carbocycles. The Kier molecular flexibility index (Phi) is 6.60. The van der Waals surface area contributed by atoms with Gasteiger partial charge >= 0.3 is 0 Å². The Bertz CT molecular complexity index is 333. The summed E-state index contributed by atoms with van der Waals surface area (Å²) in [6.07, 6.45) is 4.25. The van der Waals surface area contributed by atoms with Gasteiger partial charge in [0.1, 0.15) is 5.82 Å². The van der Waals surface area contributed by atoms with Crippen LogP contribution in [0.2, 0.25) is 0 Å². The second kappa shape index (κ2) is 7.72. The van der Waals surface area contributed by atoms with Crippen molar-refractivity contribution in [3.63, 3.8) is 0 Å². The van der Waals surface area contributed by atoms with E-state index in [1.165, 1.54) is 11.6 Å². The summed E-state index contributed by atoms with van der Waals surface area (Å²) in [6.45, 7) is 5.18. The van der Waals surface area contributed by atoms with Gasteiger partial charge in [-0.3, -0.25) is 0 Å². The van der Waals surface area contributed by atoms with E-state index < -0.39 is 0 Å². The van der Waals surface area contributed by atoms with E-state index in [-0.39, 0.29) is 11.9 Å². The van der Waals surface area contributed by atoms with Gasteiger partial charge < -0.3 is 5.32 Å². The van der Waals surface area contributed by atoms with Crippen LogP contribution in [0.5, 0.6) is 0 Å². The molecule has 0 heterocycles. The highest BCUT2D eigenvalue weighted by atomic mass is 32.2. The summed E-state index contributed by atoms with van der Waals surface area (Å²) in [5.74, 6) is 0.954. The second-order valence-corrected chi connectivity index (χ2v) is 5.27. The summed E-state index contributed by atoms with van der Waals surface area (Å²) in [5.41, 5.74) is 2.27. The number of hydrogen-bond donors (Lipinski definition) is 1. The molecule has 0 saturated heterocycles. The maximum atomic E-state index is 13.3. The van der Waals surface area contributed by atoms with Gasteiger partial charge in [-0.25, -0.2) is 4.39 Å². The molecule has 0 bridgehead atoms. The Balaban J connectivity index is 2.82. The summed E-state index contributed by atoms with van der Waals surface area (Å²) in [5, 5.41) is 3.51. The summed E-state index contributed by atoms with van der Waals surface area (Å²) < 4.78 is 13.3. The Hall–Kier alpha value is -0.540. The Labute approximate surface area is 108 Å². The van der Waals surface area contributed by atoms with Crippen LogP contribution < -0.4 is 5.32 Å². The summed E-state index contributed by atoms with van der Waals surface area (Å²) in [7, 11) is 0. The van der Waals surface area contributed by atoms with E-state index in [1.807, 2.05) is 17.8 Å². The van der Waals surface area contributed by atoms with Crippen LogP contribution in [0.25, 0.3) is 0 Å². The minimum absolute atomic E-state index is 0.141. The zero-order chi connectivity index (χ0) is 12.7. The topological polar surface area (TPSA) is 12.0 Å². The molecular formula is C14H22FNS. The fourth-order valence-electron chi connectivity index (χ4n) is 1.91. The van der Waals surface area contributed by atoms with Crippen LogP contribution in [0.3, 0.4) is 0 Å². The SMILES string of the molecule is CCCNC(CCSC)c1cc(F)ccc1C. The minimum Gasteiger partial charge on any atom is -0.310 e. The monoisotopic (exact) mass is 255 g/mol. The number of halogens is 1. The molecule has 1 rings (SSSR count). The molecule has 1 N–H and O–H groups in total. The second-order valence-electron chi connectivity index (χ2n) is 4.29. The zero-order valence-corrected chi connectivity index (χ0v) is 11.7. The Morgan fingerprint density at radius 2 is 2.18 bits per heavy atom. The standard InChI is InChI=1S/C14H22FNS/c1-4-8-16-14(7-9-17-3)13-10-12(15)6-5-11(13)2/h5-6,10,14,16H,4,7-9H2,1-3H3. The molecule has 17 heavy (non-hydrogen) atoms. The lowest BCUT2D eigenvalue weighted by molar-refractivity contribution is 0.515. The van der Waals surface area contributed by atoms with Crippen molar-refractivity contribution in [2.75, 3.05) is 18.6 Å². The maximum Gasteiger partial charge on any atom is 0.123 e. The summed E-state index contributed by atoms with van der Waals surface area (Å²) in [4.78, 5) is 0. The van der Waals surface area contributed by atoms with Gasteiger partial charge in [0.2, 0.25) is 0 Å². The Morgan fingerprint density at radius 1 is 1.41 bits per heavy atom. The lowest BCUT2D eigenvalue weighted by Crippen LogP contribution is -2.23. The van der Waals surface area contributed by atoms with Crippen LogP contribution in [0.1, 0.15) is 36.9 Å². The smallest absolute Gasteiger partial charge is 0.123 e. The third kappa shape index (κ3) is 4.68. The van der Waals surface area contributed by atoms with Gasteiger partial charge in [0.05, 0.1) is 0 Å². The van der Waals surface area contributed by atoms with Gasteiger partial charge in [0.15, 0.2) is 0 Å². The fourth-order valence-corrected chi connectivity index (χ4v) is 2.38. The highest BCUT2D eigenvalue weighted by Gasteiger charge is 2.13. The van der Waals surface area contributed by atoms with Gasteiger partial charge in [-0.15, -0.1) is 0 Å². The number of aryl methyl sites for hydroxylation is 1. The summed E-state index contributed by atoms with van der Waals surface area (Å²) in [6, 6.07) is 5.34. The molecule has 1 aromatic carbocycles. The van der Waals surface area contributed by atoms with Crippen molar-refractivity contribution < 1.29 is 4.39 Å². The molecule has 1 aromatic rings. The van der Waals surface area contributed by atoms with E-state index in [9.17, 15) is 4.39 Å². The molecule has 3 heteroatoms. The first-order valence-corrected chi connectivity index (χ1v) is 7.56. The first-order valence-electron chi connectivity index (χ1n) is 6.17. The third-order valence-electron chi connectivity index (χ3n) is 2.87. The number of benzene rings is 1. The van der Waals surface area contributed by atoms with Crippen molar-refractivity contribution in [3.8, 4) is 0 Å². The van der Waals surface area contributed by atoms with E-state index >= 15 is 0 Å². The maximum absolute atomic E-state index is 13.3. The van der Waals surface area contributed by atoms with E-state index in [0.29, 0.717) is 0 Å². The molecule has 0 fully saturated rings. The first kappa shape index (κ1) is 14.5. The molecule has 96 valence electrons. The molecule has 0 aliphatic rings. The van der Waals surface area contributed by atoms with Crippen LogP contribution in [-0.2, 0) is 0 Å². The van der Waals surface area contributed by atoms with Crippen molar-refractivity contribution in [3.05, 3.63) is 35.1 Å². The van der Waals surface area contributed by atoms with E-state index in [4.69, 9.17) is 0 Å². The van der Waals surface area contributed by atoms with Gasteiger partial charge in [-0.1, -0.05) is 13.0 Å². The van der Waals surface area contributed by atoms with E-state index in [0.717, 1.165) is 30.7 Å². The zero-order valence-electron chi connectivity index (χ0n) is 10.9. The van der Waals surface area contributed by atoms with E-state index in [1.54, 1.807) is 6.07 Å². The molecule has 0 radical (unpaired) electrons. The normalized spacial score (nSPS) is 12.7. The van der Waals surface area contributed by atoms with Gasteiger partial charge in [-0.05, 0) is 61.6 Å². The first-order chi connectivity index (χ1) is 8.19. The molecule has 0 saturated carbocycles. The molecular weight excluding hydrogens is 233 g/mol. The highest BCUT2D eigenvalue weighted by molar-refractivity contribution is 7.98. The highest BCUT2D eigenvalue weighted by Crippen LogP contribution is 2.23. The van der Waals surface area contributed by atoms with Crippen molar-refractivity contribution in [2.24, 2.45) is 0 Å². The lowest BCUT2D eigenvalue weighted by Gasteiger charge is -2.20. The van der Waals surface area contributed by atoms with Crippen LogP contribution in [-0.4, -0.2) is 18.6 Å². The molecule has 1 nitrogen and oxygen atoms in total. The summed E-state index contributed by atoms with van der Waals surface area (Å²) >= 11 is 1.83. The van der Waals surface area contributed by atoms with Crippen molar-refractivity contribution in [2.45, 2.75) is 32.7 Å². The predicted molar refractivity (Wildman–Crippen MR) is 75.2 cm³/mol. The molecule has 0 amide bonds.